The fourth-order valence-electron chi connectivity index (χ4n) is 5.53. The number of ether oxygens (including phenoxy) is 1. The summed E-state index contributed by atoms with van der Waals surface area (Å²) in [5, 5.41) is 11.4. The largest absolute Gasteiger partial charge is 0.463 e. The van der Waals surface area contributed by atoms with E-state index in [2.05, 4.69) is 30.3 Å². The molecule has 0 amide bonds. The first-order valence-corrected chi connectivity index (χ1v) is 12.8. The molecule has 2 aliphatic heterocycles. The Balaban J connectivity index is 1.41. The van der Waals surface area contributed by atoms with E-state index < -0.39 is 6.23 Å². The number of hydrazone groups is 1. The van der Waals surface area contributed by atoms with Crippen LogP contribution in [-0.2, 0) is 0 Å². The number of nitrogens with zero attached hydrogens (tertiary/aromatic N) is 3. The Morgan fingerprint density at radius 2 is 1.73 bits per heavy atom. The molecule has 1 aromatic heterocycles. The Labute approximate surface area is 223 Å². The van der Waals surface area contributed by atoms with Gasteiger partial charge in [0.05, 0.1) is 22.3 Å². The summed E-state index contributed by atoms with van der Waals surface area (Å²) in [5.74, 6) is 0.536. The number of para-hydroxylation sites is 1. The van der Waals surface area contributed by atoms with Crippen molar-refractivity contribution < 1.29 is 9.53 Å². The Hall–Kier alpha value is -3.80. The van der Waals surface area contributed by atoms with Gasteiger partial charge in [-0.3, -0.25) is 9.36 Å². The highest BCUT2D eigenvalue weighted by molar-refractivity contribution is 6.35. The van der Waals surface area contributed by atoms with E-state index in [0.29, 0.717) is 22.2 Å². The van der Waals surface area contributed by atoms with Gasteiger partial charge < -0.3 is 4.74 Å². The molecular formula is C30H21Cl2N3O2. The van der Waals surface area contributed by atoms with E-state index in [1.807, 2.05) is 53.7 Å². The van der Waals surface area contributed by atoms with Crippen LogP contribution in [0.15, 0.2) is 90.2 Å². The fraction of sp³-hybridized carbons (Fsp3) is 0.133. The lowest BCUT2D eigenvalue weighted by Gasteiger charge is -2.38. The van der Waals surface area contributed by atoms with Crippen LogP contribution in [0, 0.1) is 0 Å². The van der Waals surface area contributed by atoms with E-state index in [-0.39, 0.29) is 11.9 Å². The maximum atomic E-state index is 12.5. The molecule has 7 rings (SSSR count). The molecule has 2 atom stereocenters. The summed E-state index contributed by atoms with van der Waals surface area (Å²) in [6.07, 6.45) is 1.96. The van der Waals surface area contributed by atoms with Crippen molar-refractivity contribution in [3.8, 4) is 5.75 Å². The van der Waals surface area contributed by atoms with E-state index in [0.717, 1.165) is 38.7 Å². The monoisotopic (exact) mass is 525 g/mol. The second-order valence-corrected chi connectivity index (χ2v) is 10.3. The molecule has 5 aromatic rings. The second kappa shape index (κ2) is 8.37. The van der Waals surface area contributed by atoms with Crippen molar-refractivity contribution in [3.05, 3.63) is 112 Å². The van der Waals surface area contributed by atoms with Crippen molar-refractivity contribution in [1.29, 1.82) is 0 Å². The van der Waals surface area contributed by atoms with Crippen molar-refractivity contribution in [2.45, 2.75) is 25.6 Å². The molecule has 0 spiro atoms. The van der Waals surface area contributed by atoms with Gasteiger partial charge >= 0.3 is 0 Å². The van der Waals surface area contributed by atoms with Gasteiger partial charge in [0.25, 0.3) is 0 Å². The van der Waals surface area contributed by atoms with E-state index in [4.69, 9.17) is 33.0 Å². The van der Waals surface area contributed by atoms with E-state index in [1.165, 1.54) is 5.39 Å². The highest BCUT2D eigenvalue weighted by Gasteiger charge is 2.43. The zero-order valence-corrected chi connectivity index (χ0v) is 21.4. The molecular weight excluding hydrogens is 505 g/mol. The molecule has 5 nitrogen and oxygen atoms in total. The summed E-state index contributed by atoms with van der Waals surface area (Å²) >= 11 is 13.1. The van der Waals surface area contributed by atoms with Crippen LogP contribution in [0.1, 0.15) is 47.1 Å². The molecule has 0 saturated heterocycles. The number of hydrogen-bond donors (Lipinski definition) is 0. The zero-order chi connectivity index (χ0) is 25.3. The summed E-state index contributed by atoms with van der Waals surface area (Å²) < 4.78 is 8.24. The first-order valence-electron chi connectivity index (χ1n) is 12.1. The Morgan fingerprint density at radius 1 is 0.946 bits per heavy atom. The molecule has 0 saturated carbocycles. The maximum Gasteiger partial charge on any atom is 0.227 e. The lowest BCUT2D eigenvalue weighted by atomic mass is 9.95. The normalized spacial score (nSPS) is 18.5. The minimum Gasteiger partial charge on any atom is -0.463 e. The van der Waals surface area contributed by atoms with Crippen LogP contribution in [-0.4, -0.2) is 21.2 Å². The SMILES string of the molecule is CC(=O)n1cc(C2Oc3c(Cl)cc(Cl)cc3C3CC(c4ccc5ccccc5c4)=NN32)c2ccccc21. The van der Waals surface area contributed by atoms with Crippen LogP contribution in [0.25, 0.3) is 21.7 Å². The molecule has 7 heteroatoms. The summed E-state index contributed by atoms with van der Waals surface area (Å²) in [5.41, 5.74) is 4.62. The fourth-order valence-corrected chi connectivity index (χ4v) is 6.08. The molecule has 37 heavy (non-hydrogen) atoms. The van der Waals surface area contributed by atoms with E-state index in [1.54, 1.807) is 17.6 Å². The van der Waals surface area contributed by atoms with Crippen molar-refractivity contribution in [1.82, 2.24) is 9.58 Å². The molecule has 182 valence electrons. The van der Waals surface area contributed by atoms with Gasteiger partial charge in [0, 0.05) is 41.1 Å². The van der Waals surface area contributed by atoms with Crippen LogP contribution in [0.2, 0.25) is 10.0 Å². The van der Waals surface area contributed by atoms with Gasteiger partial charge in [0.2, 0.25) is 12.1 Å². The minimum atomic E-state index is -0.570. The number of hydrogen-bond acceptors (Lipinski definition) is 4. The van der Waals surface area contributed by atoms with Gasteiger partial charge in [-0.25, -0.2) is 5.01 Å². The van der Waals surface area contributed by atoms with Crippen molar-refractivity contribution in [2.75, 3.05) is 0 Å². The third-order valence-corrected chi connectivity index (χ3v) is 7.74. The smallest absolute Gasteiger partial charge is 0.227 e. The van der Waals surface area contributed by atoms with Crippen LogP contribution < -0.4 is 4.74 Å². The number of rotatable bonds is 2. The molecule has 2 aliphatic rings. The molecule has 0 bridgehead atoms. The summed E-state index contributed by atoms with van der Waals surface area (Å²) in [6.45, 7) is 1.56. The highest BCUT2D eigenvalue weighted by atomic mass is 35.5. The molecule has 0 aliphatic carbocycles. The van der Waals surface area contributed by atoms with Gasteiger partial charge in [0.1, 0.15) is 5.75 Å². The minimum absolute atomic E-state index is 0.0678. The van der Waals surface area contributed by atoms with Gasteiger partial charge in [0.15, 0.2) is 0 Å². The van der Waals surface area contributed by atoms with Crippen molar-refractivity contribution >= 4 is 56.5 Å². The van der Waals surface area contributed by atoms with Gasteiger partial charge in [-0.05, 0) is 40.6 Å². The Bertz CT molecular complexity index is 1770. The molecule has 2 unspecified atom stereocenters. The van der Waals surface area contributed by atoms with Gasteiger partial charge in [-0.2, -0.15) is 5.10 Å². The van der Waals surface area contributed by atoms with Crippen LogP contribution >= 0.6 is 23.2 Å². The molecule has 0 N–H and O–H groups in total. The standard InChI is InChI=1S/C30H21Cl2N3O2/c1-17(36)34-16-24(22-8-4-5-9-27(22)34)30-35-28(23-13-21(31)14-25(32)29(23)37-30)15-26(33-35)20-11-10-18-6-2-3-7-19(18)12-20/h2-14,16,28,30H,15H2,1H3. The summed E-state index contributed by atoms with van der Waals surface area (Å²) in [4.78, 5) is 12.5. The van der Waals surface area contributed by atoms with E-state index in [9.17, 15) is 4.79 Å². The Kier molecular flexibility index (Phi) is 5.07. The third kappa shape index (κ3) is 3.53. The summed E-state index contributed by atoms with van der Waals surface area (Å²) in [6, 6.07) is 26.0. The summed E-state index contributed by atoms with van der Waals surface area (Å²) in [7, 11) is 0. The molecule has 3 heterocycles. The third-order valence-electron chi connectivity index (χ3n) is 7.24. The lowest BCUT2D eigenvalue weighted by molar-refractivity contribution is -0.0180. The topological polar surface area (TPSA) is 46.8 Å². The highest BCUT2D eigenvalue weighted by Crippen LogP contribution is 2.51. The van der Waals surface area contributed by atoms with Gasteiger partial charge in [-0.15, -0.1) is 0 Å². The number of halogens is 2. The van der Waals surface area contributed by atoms with Crippen molar-refractivity contribution in [3.63, 3.8) is 0 Å². The quantitative estimate of drug-likeness (QED) is 0.234. The second-order valence-electron chi connectivity index (χ2n) is 9.48. The predicted molar refractivity (Wildman–Crippen MR) is 148 cm³/mol. The first-order chi connectivity index (χ1) is 18.0. The first kappa shape index (κ1) is 22.4. The zero-order valence-electron chi connectivity index (χ0n) is 19.9. The Morgan fingerprint density at radius 3 is 2.57 bits per heavy atom. The van der Waals surface area contributed by atoms with Crippen molar-refractivity contribution in [2.24, 2.45) is 5.10 Å². The number of aromatic nitrogens is 1. The van der Waals surface area contributed by atoms with Gasteiger partial charge in [-0.1, -0.05) is 77.8 Å². The predicted octanol–water partition coefficient (Wildman–Crippen LogP) is 8.00. The van der Waals surface area contributed by atoms with E-state index >= 15 is 0 Å². The van der Waals surface area contributed by atoms with Crippen LogP contribution in [0.3, 0.4) is 0 Å². The number of carbonyl (C=O) groups is 1. The average molecular weight is 526 g/mol. The molecule has 0 fully saturated rings. The average Bonchev–Trinajstić information content (AvgIpc) is 3.51. The number of carbonyl (C=O) groups excluding carboxylic acids is 1. The number of benzene rings is 4. The molecule has 4 aromatic carbocycles. The maximum absolute atomic E-state index is 12.5. The lowest BCUT2D eigenvalue weighted by Crippen LogP contribution is -2.33. The van der Waals surface area contributed by atoms with Crippen LogP contribution in [0.4, 0.5) is 0 Å². The molecule has 0 radical (unpaired) electrons. The number of fused-ring (bicyclic) bond motifs is 5. The van der Waals surface area contributed by atoms with Crippen LogP contribution in [0.5, 0.6) is 5.75 Å².